The van der Waals surface area contributed by atoms with Crippen molar-refractivity contribution in [3.63, 3.8) is 0 Å². The van der Waals surface area contributed by atoms with Crippen LogP contribution in [0.2, 0.25) is 0 Å². The summed E-state index contributed by atoms with van der Waals surface area (Å²) in [7, 11) is 0. The van der Waals surface area contributed by atoms with Crippen molar-refractivity contribution in [1.82, 2.24) is 9.97 Å². The molecule has 0 saturated carbocycles. The van der Waals surface area contributed by atoms with Gasteiger partial charge in [0.2, 0.25) is 0 Å². The van der Waals surface area contributed by atoms with E-state index >= 15 is 0 Å². The van der Waals surface area contributed by atoms with Gasteiger partial charge in [-0.15, -0.1) is 0 Å². The van der Waals surface area contributed by atoms with Crippen molar-refractivity contribution < 1.29 is 4.74 Å². The van der Waals surface area contributed by atoms with E-state index in [4.69, 9.17) is 4.74 Å². The molecule has 0 spiro atoms. The number of aromatic amines is 2. The maximum absolute atomic E-state index is 5.66. The molecule has 0 aliphatic rings. The number of aromatic nitrogens is 2. The zero-order valence-corrected chi connectivity index (χ0v) is 12.2. The number of nitrogens with one attached hydrogen (secondary N) is 2. The van der Waals surface area contributed by atoms with Gasteiger partial charge in [-0.3, -0.25) is 0 Å². The van der Waals surface area contributed by atoms with Crippen LogP contribution in [0.4, 0.5) is 0 Å². The number of ether oxygens (including phenoxy) is 1. The van der Waals surface area contributed by atoms with E-state index in [1.807, 2.05) is 36.7 Å². The minimum absolute atomic E-state index is 0.190. The van der Waals surface area contributed by atoms with Crippen LogP contribution < -0.4 is 4.74 Å². The van der Waals surface area contributed by atoms with E-state index in [2.05, 4.69) is 41.2 Å². The predicted molar refractivity (Wildman–Crippen MR) is 84.8 cm³/mol. The number of rotatable bonds is 6. The molecular formula is C18H20N2O. The zero-order valence-electron chi connectivity index (χ0n) is 12.2. The Balaban J connectivity index is 1.90. The SMILES string of the molecule is CCCOc1ccc(C(c2ccc[nH]2)c2ccc[nH]2)cc1. The maximum Gasteiger partial charge on any atom is 0.119 e. The average molecular weight is 280 g/mol. The summed E-state index contributed by atoms with van der Waals surface area (Å²) in [6, 6.07) is 16.7. The molecule has 1 aromatic carbocycles. The summed E-state index contributed by atoms with van der Waals surface area (Å²) in [5.41, 5.74) is 3.60. The minimum Gasteiger partial charge on any atom is -0.494 e. The molecule has 2 heterocycles. The second-order valence-corrected chi connectivity index (χ2v) is 5.10. The highest BCUT2D eigenvalue weighted by molar-refractivity contribution is 5.40. The molecule has 0 amide bonds. The molecule has 2 N–H and O–H groups in total. The molecular weight excluding hydrogens is 260 g/mol. The van der Waals surface area contributed by atoms with E-state index < -0.39 is 0 Å². The van der Waals surface area contributed by atoms with Crippen LogP contribution in [-0.4, -0.2) is 16.6 Å². The van der Waals surface area contributed by atoms with E-state index in [9.17, 15) is 0 Å². The fourth-order valence-electron chi connectivity index (χ4n) is 2.55. The van der Waals surface area contributed by atoms with E-state index in [-0.39, 0.29) is 5.92 Å². The Morgan fingerprint density at radius 3 is 2.00 bits per heavy atom. The van der Waals surface area contributed by atoms with Crippen LogP contribution in [0.5, 0.6) is 5.75 Å². The molecule has 3 heteroatoms. The zero-order chi connectivity index (χ0) is 14.5. The summed E-state index contributed by atoms with van der Waals surface area (Å²) in [6.07, 6.45) is 4.95. The van der Waals surface area contributed by atoms with Gasteiger partial charge in [-0.2, -0.15) is 0 Å². The Bertz CT molecular complexity index is 605. The lowest BCUT2D eigenvalue weighted by molar-refractivity contribution is 0.317. The Kier molecular flexibility index (Phi) is 4.10. The highest BCUT2D eigenvalue weighted by Gasteiger charge is 2.18. The molecule has 0 fully saturated rings. The molecule has 0 saturated heterocycles. The Morgan fingerprint density at radius 1 is 0.905 bits per heavy atom. The third-order valence-electron chi connectivity index (χ3n) is 3.55. The van der Waals surface area contributed by atoms with Gasteiger partial charge in [0, 0.05) is 23.8 Å². The lowest BCUT2D eigenvalue weighted by Crippen LogP contribution is -2.04. The first kappa shape index (κ1) is 13.6. The molecule has 0 bridgehead atoms. The van der Waals surface area contributed by atoms with Gasteiger partial charge in [-0.25, -0.2) is 0 Å². The molecule has 0 aliphatic carbocycles. The topological polar surface area (TPSA) is 40.8 Å². The highest BCUT2D eigenvalue weighted by atomic mass is 16.5. The smallest absolute Gasteiger partial charge is 0.119 e. The quantitative estimate of drug-likeness (QED) is 0.694. The van der Waals surface area contributed by atoms with Crippen molar-refractivity contribution in [3.05, 3.63) is 77.9 Å². The van der Waals surface area contributed by atoms with Crippen LogP contribution in [0, 0.1) is 0 Å². The van der Waals surface area contributed by atoms with E-state index in [1.165, 1.54) is 17.0 Å². The Morgan fingerprint density at radius 2 is 1.52 bits per heavy atom. The van der Waals surface area contributed by atoms with Gasteiger partial charge in [0.25, 0.3) is 0 Å². The Hall–Kier alpha value is -2.42. The molecule has 0 atom stereocenters. The van der Waals surface area contributed by atoms with Gasteiger partial charge < -0.3 is 14.7 Å². The van der Waals surface area contributed by atoms with Gasteiger partial charge in [-0.05, 0) is 48.4 Å². The first-order chi connectivity index (χ1) is 10.4. The van der Waals surface area contributed by atoms with Crippen molar-refractivity contribution >= 4 is 0 Å². The average Bonchev–Trinajstić information content (AvgIpc) is 3.21. The summed E-state index contributed by atoms with van der Waals surface area (Å²) in [6.45, 7) is 2.87. The third-order valence-corrected chi connectivity index (χ3v) is 3.55. The van der Waals surface area contributed by atoms with Gasteiger partial charge in [0.15, 0.2) is 0 Å². The van der Waals surface area contributed by atoms with Crippen LogP contribution in [0.15, 0.2) is 60.9 Å². The fourth-order valence-corrected chi connectivity index (χ4v) is 2.55. The van der Waals surface area contributed by atoms with Gasteiger partial charge >= 0.3 is 0 Å². The van der Waals surface area contributed by atoms with E-state index in [1.54, 1.807) is 0 Å². The lowest BCUT2D eigenvalue weighted by atomic mass is 9.92. The van der Waals surface area contributed by atoms with Crippen molar-refractivity contribution in [2.24, 2.45) is 0 Å². The molecule has 3 aromatic rings. The van der Waals surface area contributed by atoms with Crippen molar-refractivity contribution in [2.75, 3.05) is 6.61 Å². The second-order valence-electron chi connectivity index (χ2n) is 5.10. The monoisotopic (exact) mass is 280 g/mol. The minimum atomic E-state index is 0.190. The molecule has 108 valence electrons. The van der Waals surface area contributed by atoms with Gasteiger partial charge in [0.1, 0.15) is 5.75 Å². The number of hydrogen-bond acceptors (Lipinski definition) is 1. The van der Waals surface area contributed by atoms with E-state index in [0.717, 1.165) is 18.8 Å². The molecule has 0 aliphatic heterocycles. The summed E-state index contributed by atoms with van der Waals surface area (Å²) in [5.74, 6) is 1.12. The standard InChI is InChI=1S/C18H20N2O/c1-2-13-21-15-9-7-14(8-10-15)18(16-5-3-11-19-16)17-6-4-12-20-17/h3-12,18-20H,2,13H2,1H3. The summed E-state index contributed by atoms with van der Waals surface area (Å²) < 4.78 is 5.66. The highest BCUT2D eigenvalue weighted by Crippen LogP contribution is 2.30. The second kappa shape index (κ2) is 6.35. The van der Waals surface area contributed by atoms with Gasteiger partial charge in [0.05, 0.1) is 12.5 Å². The molecule has 0 unspecified atom stereocenters. The van der Waals surface area contributed by atoms with Crippen LogP contribution in [0.1, 0.15) is 36.2 Å². The van der Waals surface area contributed by atoms with Crippen molar-refractivity contribution in [2.45, 2.75) is 19.3 Å². The molecule has 3 nitrogen and oxygen atoms in total. The van der Waals surface area contributed by atoms with Crippen LogP contribution in [-0.2, 0) is 0 Å². The Labute approximate surface area is 125 Å². The van der Waals surface area contributed by atoms with E-state index in [0.29, 0.717) is 0 Å². The first-order valence-electron chi connectivity index (χ1n) is 7.38. The summed E-state index contributed by atoms with van der Waals surface area (Å²) in [5, 5.41) is 0. The third kappa shape index (κ3) is 3.02. The molecule has 21 heavy (non-hydrogen) atoms. The molecule has 3 rings (SSSR count). The summed E-state index contributed by atoms with van der Waals surface area (Å²) >= 11 is 0. The molecule has 2 aromatic heterocycles. The summed E-state index contributed by atoms with van der Waals surface area (Å²) in [4.78, 5) is 6.64. The maximum atomic E-state index is 5.66. The van der Waals surface area contributed by atoms with Crippen molar-refractivity contribution in [3.8, 4) is 5.75 Å². The van der Waals surface area contributed by atoms with Gasteiger partial charge in [-0.1, -0.05) is 19.1 Å². The van der Waals surface area contributed by atoms with Crippen molar-refractivity contribution in [1.29, 1.82) is 0 Å². The largest absolute Gasteiger partial charge is 0.494 e. The normalized spacial score (nSPS) is 11.0. The molecule has 0 radical (unpaired) electrons. The van der Waals surface area contributed by atoms with Crippen LogP contribution in [0.3, 0.4) is 0 Å². The van der Waals surface area contributed by atoms with Crippen LogP contribution in [0.25, 0.3) is 0 Å². The van der Waals surface area contributed by atoms with Crippen LogP contribution >= 0.6 is 0 Å². The lowest BCUT2D eigenvalue weighted by Gasteiger charge is -2.16. The fraction of sp³-hybridized carbons (Fsp3) is 0.222. The number of H-pyrrole nitrogens is 2. The first-order valence-corrected chi connectivity index (χ1v) is 7.38. The number of benzene rings is 1. The predicted octanol–water partition coefficient (Wildman–Crippen LogP) is 4.31. The number of hydrogen-bond donors (Lipinski definition) is 2.